The zero-order chi connectivity index (χ0) is 0. The van der Waals surface area contributed by atoms with E-state index >= 15 is 0 Å². The molecule has 0 aliphatic heterocycles. The Hall–Kier alpha value is 3.42. The van der Waals surface area contributed by atoms with Crippen LogP contribution in [0.25, 0.3) is 0 Å². The minimum atomic E-state index is 0. The van der Waals surface area contributed by atoms with Gasteiger partial charge in [-0.05, 0) is 0 Å². The molecule has 0 amide bonds. The summed E-state index contributed by atoms with van der Waals surface area (Å²) in [7, 11) is 0. The second kappa shape index (κ2) is 16.1. The van der Waals surface area contributed by atoms with Gasteiger partial charge in [0.15, 0.2) is 0 Å². The molecule has 0 spiro atoms. The van der Waals surface area contributed by atoms with Crippen molar-refractivity contribution in [3.63, 3.8) is 0 Å². The molecule has 4 heteroatoms. The molecule has 0 bridgehead atoms. The van der Waals surface area contributed by atoms with Crippen LogP contribution in [0.1, 0.15) is 0 Å². The molecule has 0 aromatic heterocycles. The topological polar surface area (TPSA) is 0 Å². The number of halogens is 2. The van der Waals surface area contributed by atoms with Crippen LogP contribution in [0.3, 0.4) is 0 Å². The smallest absolute Gasteiger partial charge is 1.00 e. The fraction of sp³-hybridized carbons (Fsp3) is 0. The Labute approximate surface area is 108 Å². The Balaban J connectivity index is 0. The Morgan fingerprint density at radius 2 is 1.00 bits per heavy atom. The SMILES string of the molecule is [Cl-].[I-].[K+].[Mg+2]. The average molecular weight is 226 g/mol. The third-order valence-corrected chi connectivity index (χ3v) is 0. The molecular weight excluding hydrogens is 226 g/mol. The minimum Gasteiger partial charge on any atom is -1.00 e. The minimum absolute atomic E-state index is 0. The van der Waals surface area contributed by atoms with Crippen LogP contribution >= 0.6 is 0 Å². The van der Waals surface area contributed by atoms with Gasteiger partial charge in [-0.25, -0.2) is 0 Å². The van der Waals surface area contributed by atoms with Crippen LogP contribution in [0.15, 0.2) is 0 Å². The summed E-state index contributed by atoms with van der Waals surface area (Å²) in [6, 6.07) is 0. The molecule has 0 fully saturated rings. The predicted molar refractivity (Wildman–Crippen MR) is 5.75 cm³/mol. The van der Waals surface area contributed by atoms with Gasteiger partial charge in [0.2, 0.25) is 0 Å². The van der Waals surface area contributed by atoms with Crippen LogP contribution in [0, 0.1) is 0 Å². The van der Waals surface area contributed by atoms with E-state index in [9.17, 15) is 0 Å². The molecule has 0 aliphatic carbocycles. The van der Waals surface area contributed by atoms with E-state index in [0.717, 1.165) is 0 Å². The Morgan fingerprint density at radius 1 is 1.00 bits per heavy atom. The van der Waals surface area contributed by atoms with E-state index in [-0.39, 0.29) is 111 Å². The first-order chi connectivity index (χ1) is 0. The van der Waals surface area contributed by atoms with Gasteiger partial charge in [0.05, 0.1) is 0 Å². The summed E-state index contributed by atoms with van der Waals surface area (Å²) in [5, 5.41) is 0. The van der Waals surface area contributed by atoms with Crippen LogP contribution in [0.4, 0.5) is 0 Å². The number of hydrogen-bond donors (Lipinski definition) is 0. The van der Waals surface area contributed by atoms with E-state index in [1.54, 1.807) is 0 Å². The second-order valence-electron chi connectivity index (χ2n) is 0. The van der Waals surface area contributed by atoms with Gasteiger partial charge in [-0.1, -0.05) is 0 Å². The molecule has 0 nitrogen and oxygen atoms in total. The normalized spacial score (nSPS) is 0. The van der Waals surface area contributed by atoms with Crippen molar-refractivity contribution in [2.24, 2.45) is 0 Å². The Kier molecular flexibility index (Phi) is 105. The summed E-state index contributed by atoms with van der Waals surface area (Å²) in [6.45, 7) is 0. The molecule has 0 aliphatic rings. The maximum Gasteiger partial charge on any atom is 2.00 e. The molecule has 0 aromatic rings. The van der Waals surface area contributed by atoms with Crippen molar-refractivity contribution < 1.29 is 87.8 Å². The van der Waals surface area contributed by atoms with Crippen LogP contribution in [0.5, 0.6) is 0 Å². The van der Waals surface area contributed by atoms with Gasteiger partial charge in [-0.2, -0.15) is 0 Å². The third kappa shape index (κ3) is 9.05. The molecule has 0 aromatic carbocycles. The van der Waals surface area contributed by atoms with Gasteiger partial charge in [-0.3, -0.25) is 0 Å². The van der Waals surface area contributed by atoms with E-state index in [0.29, 0.717) is 0 Å². The third-order valence-electron chi connectivity index (χ3n) is 0. The average Bonchev–Trinajstić information content (AvgIpc) is 0. The van der Waals surface area contributed by atoms with Gasteiger partial charge < -0.3 is 36.4 Å². The largest absolute Gasteiger partial charge is 2.00 e. The van der Waals surface area contributed by atoms with Crippen LogP contribution in [-0.4, -0.2) is 23.1 Å². The van der Waals surface area contributed by atoms with Gasteiger partial charge in [0, 0.05) is 0 Å². The molecule has 0 rings (SSSR count). The summed E-state index contributed by atoms with van der Waals surface area (Å²) < 4.78 is 0. The maximum absolute atomic E-state index is 0. The van der Waals surface area contributed by atoms with Gasteiger partial charge in [0.1, 0.15) is 0 Å². The van der Waals surface area contributed by atoms with E-state index in [4.69, 9.17) is 0 Å². The molecule has 0 atom stereocenters. The van der Waals surface area contributed by atoms with Crippen LogP contribution < -0.4 is 87.8 Å². The molecule has 4 heavy (non-hydrogen) atoms. The van der Waals surface area contributed by atoms with E-state index in [2.05, 4.69) is 0 Å². The monoisotopic (exact) mass is 225 g/mol. The first kappa shape index (κ1) is 26.1. The van der Waals surface area contributed by atoms with Crippen molar-refractivity contribution in [1.82, 2.24) is 0 Å². The Bertz CT molecular complexity index is 8.00. The van der Waals surface area contributed by atoms with Crippen molar-refractivity contribution in [3.8, 4) is 0 Å². The Morgan fingerprint density at radius 3 is 1.00 bits per heavy atom. The van der Waals surface area contributed by atoms with Crippen LogP contribution in [-0.2, 0) is 0 Å². The summed E-state index contributed by atoms with van der Waals surface area (Å²) in [5.41, 5.74) is 0. The first-order valence-corrected chi connectivity index (χ1v) is 0. The quantitative estimate of drug-likeness (QED) is 0.284. The molecule has 0 saturated heterocycles. The molecule has 0 unspecified atom stereocenters. The number of hydrogen-bond acceptors (Lipinski definition) is 0. The molecule has 0 N–H and O–H groups in total. The molecule has 0 heterocycles. The summed E-state index contributed by atoms with van der Waals surface area (Å²) in [4.78, 5) is 0. The van der Waals surface area contributed by atoms with Gasteiger partial charge in [-0.15, -0.1) is 0 Å². The second-order valence-corrected chi connectivity index (χ2v) is 0. The fourth-order valence-electron chi connectivity index (χ4n) is 0. The molecule has 0 saturated carbocycles. The van der Waals surface area contributed by atoms with Crippen molar-refractivity contribution in [2.45, 2.75) is 0 Å². The van der Waals surface area contributed by atoms with Gasteiger partial charge in [0.25, 0.3) is 0 Å². The number of rotatable bonds is 0. The fourth-order valence-corrected chi connectivity index (χ4v) is 0. The van der Waals surface area contributed by atoms with Crippen molar-refractivity contribution in [3.05, 3.63) is 0 Å². The summed E-state index contributed by atoms with van der Waals surface area (Å²) in [6.07, 6.45) is 0. The van der Waals surface area contributed by atoms with E-state index < -0.39 is 0 Å². The van der Waals surface area contributed by atoms with E-state index in [1.807, 2.05) is 0 Å². The zero-order valence-corrected chi connectivity index (χ0v) is 9.91. The first-order valence-electron chi connectivity index (χ1n) is 0. The molecule has 0 radical (unpaired) electrons. The van der Waals surface area contributed by atoms with Gasteiger partial charge >= 0.3 is 74.4 Å². The standard InChI is InChI=1S/ClH.HI.K.Mg/h2*1H;;/q;;+1;+2/p-2. The summed E-state index contributed by atoms with van der Waals surface area (Å²) >= 11 is 0. The zero-order valence-electron chi connectivity index (χ0n) is 2.46. The predicted octanol–water partition coefficient (Wildman–Crippen LogP) is -9.37. The van der Waals surface area contributed by atoms with Crippen molar-refractivity contribution >= 4 is 23.1 Å². The van der Waals surface area contributed by atoms with Crippen molar-refractivity contribution in [1.29, 1.82) is 0 Å². The maximum atomic E-state index is 0. The summed E-state index contributed by atoms with van der Waals surface area (Å²) in [5.74, 6) is 0. The van der Waals surface area contributed by atoms with E-state index in [1.165, 1.54) is 0 Å². The molecular formula is ClIKMg+. The van der Waals surface area contributed by atoms with Crippen LogP contribution in [0.2, 0.25) is 0 Å². The van der Waals surface area contributed by atoms with Crippen molar-refractivity contribution in [2.75, 3.05) is 0 Å². The molecule has 16 valence electrons.